The van der Waals surface area contributed by atoms with E-state index >= 15 is 0 Å². The molecule has 0 radical (unpaired) electrons. The number of aliphatic carboxylic acids is 1. The molecule has 2 atom stereocenters. The van der Waals surface area contributed by atoms with E-state index in [0.717, 1.165) is 45.6 Å². The van der Waals surface area contributed by atoms with Crippen molar-refractivity contribution in [3.05, 3.63) is 29.8 Å². The van der Waals surface area contributed by atoms with Crippen molar-refractivity contribution in [2.45, 2.75) is 55.3 Å². The van der Waals surface area contributed by atoms with Gasteiger partial charge in [-0.25, -0.2) is 4.79 Å². The molecule has 0 aromatic heterocycles. The van der Waals surface area contributed by atoms with E-state index in [1.807, 2.05) is 0 Å². The Bertz CT molecular complexity index is 650. The van der Waals surface area contributed by atoms with Gasteiger partial charge in [-0.05, 0) is 43.2 Å². The first-order valence-corrected chi connectivity index (χ1v) is 11.5. The summed E-state index contributed by atoms with van der Waals surface area (Å²) in [6.07, 6.45) is 2.75. The van der Waals surface area contributed by atoms with Gasteiger partial charge in [0.2, 0.25) is 0 Å². The van der Waals surface area contributed by atoms with Crippen LogP contribution in [0.15, 0.2) is 29.2 Å². The molecular formula is C21H31F3N2O3S. The first-order valence-electron chi connectivity index (χ1n) is 10.3. The fraction of sp³-hybridized carbons (Fsp3) is 0.667. The maximum Gasteiger partial charge on any atom is 0.490 e. The highest BCUT2D eigenvalue weighted by atomic mass is 32.2. The van der Waals surface area contributed by atoms with Crippen LogP contribution in [-0.2, 0) is 11.2 Å². The maximum atomic E-state index is 10.6. The first-order chi connectivity index (χ1) is 14.2. The third-order valence-electron chi connectivity index (χ3n) is 5.69. The van der Waals surface area contributed by atoms with Crippen LogP contribution in [-0.4, -0.2) is 83.3 Å². The number of carboxylic acid groups (broad SMARTS) is 1. The highest BCUT2D eigenvalue weighted by molar-refractivity contribution is 7.98. The monoisotopic (exact) mass is 448 g/mol. The van der Waals surface area contributed by atoms with Gasteiger partial charge < -0.3 is 15.1 Å². The second-order valence-corrected chi connectivity index (χ2v) is 8.58. The van der Waals surface area contributed by atoms with E-state index in [-0.39, 0.29) is 6.10 Å². The van der Waals surface area contributed by atoms with Crippen LogP contribution < -0.4 is 0 Å². The Morgan fingerprint density at radius 2 is 1.67 bits per heavy atom. The number of hydrogen-bond donors (Lipinski definition) is 2. The average molecular weight is 449 g/mol. The minimum atomic E-state index is -5.08. The number of alkyl halides is 3. The Hall–Kier alpha value is -1.29. The van der Waals surface area contributed by atoms with Gasteiger partial charge >= 0.3 is 12.1 Å². The van der Waals surface area contributed by atoms with Crippen molar-refractivity contribution < 1.29 is 28.2 Å². The number of carbonyl (C=O) groups is 1. The minimum Gasteiger partial charge on any atom is -0.475 e. The number of aliphatic hydroxyl groups excluding tert-OH is 1. The van der Waals surface area contributed by atoms with Crippen LogP contribution in [0.25, 0.3) is 0 Å². The predicted molar refractivity (Wildman–Crippen MR) is 112 cm³/mol. The van der Waals surface area contributed by atoms with Gasteiger partial charge in [0.25, 0.3) is 0 Å². The molecular weight excluding hydrogens is 417 g/mol. The number of rotatable bonds is 5. The lowest BCUT2D eigenvalue weighted by Gasteiger charge is -2.42. The first kappa shape index (κ1) is 25.0. The van der Waals surface area contributed by atoms with Crippen molar-refractivity contribution in [1.29, 1.82) is 0 Å². The molecule has 9 heteroatoms. The van der Waals surface area contributed by atoms with Crippen molar-refractivity contribution in [3.63, 3.8) is 0 Å². The van der Waals surface area contributed by atoms with Crippen molar-refractivity contribution >= 4 is 17.7 Å². The van der Waals surface area contributed by atoms with Crippen molar-refractivity contribution in [3.8, 4) is 0 Å². The summed E-state index contributed by atoms with van der Waals surface area (Å²) in [6, 6.07) is 9.40. The largest absolute Gasteiger partial charge is 0.490 e. The molecule has 1 saturated heterocycles. The molecule has 1 aliphatic heterocycles. The number of piperazine rings is 1. The SMILES string of the molecule is CSc1ccc(CCN2CCN([C@H]3CCCC[C@@H]3O)CC2)cc1.O=C(O)C(F)(F)F. The van der Waals surface area contributed by atoms with E-state index in [1.54, 1.807) is 11.8 Å². The third kappa shape index (κ3) is 8.09. The van der Waals surface area contributed by atoms with E-state index < -0.39 is 12.1 Å². The Morgan fingerprint density at radius 1 is 1.10 bits per heavy atom. The Labute approximate surface area is 180 Å². The van der Waals surface area contributed by atoms with Crippen LogP contribution in [0.3, 0.4) is 0 Å². The van der Waals surface area contributed by atoms with E-state index in [4.69, 9.17) is 9.90 Å². The molecule has 1 saturated carbocycles. The van der Waals surface area contributed by atoms with Crippen molar-refractivity contribution in [1.82, 2.24) is 9.80 Å². The molecule has 1 aromatic rings. The number of carboxylic acids is 1. The molecule has 170 valence electrons. The van der Waals surface area contributed by atoms with E-state index in [0.29, 0.717) is 6.04 Å². The normalized spacial score (nSPS) is 23.5. The van der Waals surface area contributed by atoms with Gasteiger partial charge in [0, 0.05) is 43.7 Å². The number of thioether (sulfide) groups is 1. The van der Waals surface area contributed by atoms with E-state index in [1.165, 1.54) is 29.7 Å². The third-order valence-corrected chi connectivity index (χ3v) is 6.43. The zero-order valence-corrected chi connectivity index (χ0v) is 18.1. The van der Waals surface area contributed by atoms with Gasteiger partial charge in [-0.3, -0.25) is 4.90 Å². The zero-order valence-electron chi connectivity index (χ0n) is 17.3. The van der Waals surface area contributed by atoms with Crippen LogP contribution in [0.1, 0.15) is 31.2 Å². The van der Waals surface area contributed by atoms with Crippen LogP contribution in [0.2, 0.25) is 0 Å². The summed E-state index contributed by atoms with van der Waals surface area (Å²) in [6.45, 7) is 5.68. The number of benzene rings is 1. The highest BCUT2D eigenvalue weighted by Gasteiger charge is 2.38. The van der Waals surface area contributed by atoms with Gasteiger partial charge in [-0.1, -0.05) is 25.0 Å². The Morgan fingerprint density at radius 3 is 2.17 bits per heavy atom. The summed E-state index contributed by atoms with van der Waals surface area (Å²) >= 11 is 1.80. The Kier molecular flexibility index (Phi) is 9.93. The summed E-state index contributed by atoms with van der Waals surface area (Å²) in [5.74, 6) is -2.76. The van der Waals surface area contributed by atoms with Gasteiger partial charge in [-0.15, -0.1) is 11.8 Å². The lowest BCUT2D eigenvalue weighted by atomic mass is 9.91. The van der Waals surface area contributed by atoms with Crippen LogP contribution in [0, 0.1) is 0 Å². The molecule has 2 N–H and O–H groups in total. The summed E-state index contributed by atoms with van der Waals surface area (Å²) in [5.41, 5.74) is 1.44. The standard InChI is InChI=1S/C19H30N2OS.C2HF3O2/c1-23-17-8-6-16(7-9-17)10-11-20-12-14-21(15-13-20)18-4-2-3-5-19(18)22;3-2(4,5)1(6)7/h6-9,18-19,22H,2-5,10-15H2,1H3;(H,6,7)/t18-,19-;/m0./s1. The molecule has 5 nitrogen and oxygen atoms in total. The average Bonchev–Trinajstić information content (AvgIpc) is 2.73. The van der Waals surface area contributed by atoms with Crippen molar-refractivity contribution in [2.75, 3.05) is 39.0 Å². The maximum absolute atomic E-state index is 10.6. The molecule has 2 aliphatic rings. The fourth-order valence-electron chi connectivity index (χ4n) is 3.92. The van der Waals surface area contributed by atoms with E-state index in [9.17, 15) is 18.3 Å². The molecule has 1 aliphatic carbocycles. The molecule has 0 amide bonds. The lowest BCUT2D eigenvalue weighted by molar-refractivity contribution is -0.192. The summed E-state index contributed by atoms with van der Waals surface area (Å²) in [5, 5.41) is 17.3. The van der Waals surface area contributed by atoms with Crippen LogP contribution >= 0.6 is 11.8 Å². The molecule has 30 heavy (non-hydrogen) atoms. The molecule has 0 spiro atoms. The second-order valence-electron chi connectivity index (χ2n) is 7.70. The topological polar surface area (TPSA) is 64.0 Å². The summed E-state index contributed by atoms with van der Waals surface area (Å²) in [7, 11) is 0. The van der Waals surface area contributed by atoms with Crippen molar-refractivity contribution in [2.24, 2.45) is 0 Å². The second kappa shape index (κ2) is 11.9. The fourth-order valence-corrected chi connectivity index (χ4v) is 4.32. The predicted octanol–water partition coefficient (Wildman–Crippen LogP) is 3.51. The summed E-state index contributed by atoms with van der Waals surface area (Å²) < 4.78 is 31.7. The van der Waals surface area contributed by atoms with Gasteiger partial charge in [0.05, 0.1) is 6.10 Å². The lowest BCUT2D eigenvalue weighted by Crippen LogP contribution is -2.54. The minimum absolute atomic E-state index is 0.0924. The number of nitrogens with zero attached hydrogens (tertiary/aromatic N) is 2. The Balaban J connectivity index is 0.000000396. The molecule has 3 rings (SSSR count). The summed E-state index contributed by atoms with van der Waals surface area (Å²) in [4.78, 5) is 15.3. The molecule has 1 aromatic carbocycles. The van der Waals surface area contributed by atoms with Gasteiger partial charge in [0.15, 0.2) is 0 Å². The molecule has 0 unspecified atom stereocenters. The van der Waals surface area contributed by atoms with Gasteiger partial charge in [-0.2, -0.15) is 13.2 Å². The molecule has 0 bridgehead atoms. The van der Waals surface area contributed by atoms with Crippen LogP contribution in [0.4, 0.5) is 13.2 Å². The number of hydrogen-bond acceptors (Lipinski definition) is 5. The number of aliphatic hydroxyl groups is 1. The smallest absolute Gasteiger partial charge is 0.475 e. The van der Waals surface area contributed by atoms with E-state index in [2.05, 4.69) is 40.3 Å². The highest BCUT2D eigenvalue weighted by Crippen LogP contribution is 2.24. The van der Waals surface area contributed by atoms with Crippen LogP contribution in [0.5, 0.6) is 0 Å². The number of halogens is 3. The molecule has 2 fully saturated rings. The zero-order chi connectivity index (χ0) is 22.1. The van der Waals surface area contributed by atoms with Gasteiger partial charge in [0.1, 0.15) is 0 Å². The quantitative estimate of drug-likeness (QED) is 0.673. The molecule has 1 heterocycles.